The molecule has 3 rings (SSSR count). The van der Waals surface area contributed by atoms with E-state index in [-0.39, 0.29) is 5.82 Å². The molecule has 0 saturated carbocycles. The Labute approximate surface area is 107 Å². The quantitative estimate of drug-likeness (QED) is 0.722. The van der Waals surface area contributed by atoms with Gasteiger partial charge in [-0.3, -0.25) is 0 Å². The van der Waals surface area contributed by atoms with Gasteiger partial charge >= 0.3 is 0 Å². The number of aromatic nitrogens is 3. The number of oxazole rings is 1. The minimum atomic E-state index is -0.319. The lowest BCUT2D eigenvalue weighted by atomic mass is 10.3. The molecule has 2 aromatic heterocycles. The summed E-state index contributed by atoms with van der Waals surface area (Å²) in [5.41, 5.74) is 1.11. The average Bonchev–Trinajstić information content (AvgIpc) is 2.87. The van der Waals surface area contributed by atoms with E-state index in [1.165, 1.54) is 6.07 Å². The van der Waals surface area contributed by atoms with Crippen molar-refractivity contribution >= 4 is 23.3 Å². The van der Waals surface area contributed by atoms with Gasteiger partial charge in [-0.15, -0.1) is 0 Å². The molecule has 0 spiro atoms. The molecule has 92 valence electrons. The highest BCUT2D eigenvalue weighted by Crippen LogP contribution is 2.18. The first-order chi connectivity index (χ1) is 8.65. The van der Waals surface area contributed by atoms with Gasteiger partial charge in [0.05, 0.1) is 11.7 Å². The molecule has 0 atom stereocenters. The van der Waals surface area contributed by atoms with E-state index in [2.05, 4.69) is 9.97 Å². The first-order valence-corrected chi connectivity index (χ1v) is 5.84. The molecule has 2 heterocycles. The second-order valence-electron chi connectivity index (χ2n) is 4.01. The molecule has 3 aromatic rings. The summed E-state index contributed by atoms with van der Waals surface area (Å²) in [4.78, 5) is 6.98. The zero-order valence-corrected chi connectivity index (χ0v) is 10.4. The Morgan fingerprint density at radius 1 is 1.50 bits per heavy atom. The Morgan fingerprint density at radius 2 is 2.33 bits per heavy atom. The molecule has 0 aliphatic rings. The van der Waals surface area contributed by atoms with Crippen LogP contribution in [0.4, 0.5) is 4.39 Å². The fourth-order valence-corrected chi connectivity index (χ4v) is 2.18. The molecule has 6 heteroatoms. The van der Waals surface area contributed by atoms with Crippen molar-refractivity contribution in [3.63, 3.8) is 0 Å². The van der Waals surface area contributed by atoms with Crippen LogP contribution in [0.5, 0.6) is 0 Å². The number of aryl methyl sites for hydroxylation is 1. The number of halogens is 1. The molecule has 0 aliphatic heterocycles. The molecular weight excluding hydrogens is 253 g/mol. The van der Waals surface area contributed by atoms with Gasteiger partial charge in [0.25, 0.3) is 0 Å². The van der Waals surface area contributed by atoms with Crippen molar-refractivity contribution in [1.82, 2.24) is 14.5 Å². The van der Waals surface area contributed by atoms with Gasteiger partial charge in [-0.1, -0.05) is 6.07 Å². The summed E-state index contributed by atoms with van der Waals surface area (Å²) in [6.07, 6.45) is 1.65. The van der Waals surface area contributed by atoms with Crippen molar-refractivity contribution in [2.24, 2.45) is 0 Å². The van der Waals surface area contributed by atoms with Gasteiger partial charge < -0.3 is 14.0 Å². The predicted molar refractivity (Wildman–Crippen MR) is 67.4 cm³/mol. The fraction of sp³-hybridized carbons (Fsp3) is 0.167. The van der Waals surface area contributed by atoms with E-state index < -0.39 is 0 Å². The van der Waals surface area contributed by atoms with Crippen LogP contribution in [0.3, 0.4) is 0 Å². The van der Waals surface area contributed by atoms with Gasteiger partial charge in [-0.05, 0) is 31.3 Å². The van der Waals surface area contributed by atoms with Crippen molar-refractivity contribution in [3.8, 4) is 0 Å². The largest absolute Gasteiger partial charge is 0.444 e. The van der Waals surface area contributed by atoms with Crippen LogP contribution >= 0.6 is 12.2 Å². The normalized spacial score (nSPS) is 11.2. The van der Waals surface area contributed by atoms with Crippen LogP contribution in [-0.4, -0.2) is 14.5 Å². The number of H-pyrrole nitrogens is 1. The molecule has 0 unspecified atom stereocenters. The Bertz CT molecular complexity index is 771. The molecule has 0 bridgehead atoms. The van der Waals surface area contributed by atoms with Crippen LogP contribution in [0.2, 0.25) is 0 Å². The summed E-state index contributed by atoms with van der Waals surface area (Å²) in [6, 6.07) is 4.85. The highest BCUT2D eigenvalue weighted by molar-refractivity contribution is 7.71. The Hall–Kier alpha value is -1.95. The summed E-state index contributed by atoms with van der Waals surface area (Å²) >= 11 is 5.19. The SMILES string of the molecule is Cc1cnc(Cn2c(=S)[nH]c3c(F)cccc32)o1. The number of hydrogen-bond acceptors (Lipinski definition) is 3. The molecule has 4 nitrogen and oxygen atoms in total. The van der Waals surface area contributed by atoms with E-state index in [1.807, 2.05) is 6.92 Å². The minimum Gasteiger partial charge on any atom is -0.444 e. The second kappa shape index (κ2) is 4.06. The molecule has 0 aliphatic carbocycles. The molecule has 0 fully saturated rings. The maximum absolute atomic E-state index is 13.6. The number of rotatable bonds is 2. The molecule has 0 amide bonds. The number of imidazole rings is 1. The monoisotopic (exact) mass is 263 g/mol. The Morgan fingerprint density at radius 3 is 3.06 bits per heavy atom. The zero-order chi connectivity index (χ0) is 12.7. The number of para-hydroxylation sites is 1. The smallest absolute Gasteiger partial charge is 0.214 e. The molecular formula is C12H10FN3OS. The van der Waals surface area contributed by atoms with Crippen molar-refractivity contribution < 1.29 is 8.81 Å². The maximum atomic E-state index is 13.6. The lowest BCUT2D eigenvalue weighted by Gasteiger charge is -2.00. The highest BCUT2D eigenvalue weighted by Gasteiger charge is 2.10. The van der Waals surface area contributed by atoms with Gasteiger partial charge in [0.2, 0.25) is 5.89 Å². The average molecular weight is 263 g/mol. The Balaban J connectivity index is 2.14. The van der Waals surface area contributed by atoms with Gasteiger partial charge in [0.1, 0.15) is 23.6 Å². The third-order valence-electron chi connectivity index (χ3n) is 2.72. The third-order valence-corrected chi connectivity index (χ3v) is 3.04. The van der Waals surface area contributed by atoms with Crippen LogP contribution in [0.25, 0.3) is 11.0 Å². The molecule has 1 aromatic carbocycles. The zero-order valence-electron chi connectivity index (χ0n) is 9.61. The van der Waals surface area contributed by atoms with Crippen LogP contribution in [0.15, 0.2) is 28.8 Å². The lowest BCUT2D eigenvalue weighted by Crippen LogP contribution is -1.99. The maximum Gasteiger partial charge on any atom is 0.214 e. The second-order valence-corrected chi connectivity index (χ2v) is 4.40. The van der Waals surface area contributed by atoms with E-state index in [0.29, 0.717) is 28.2 Å². The van der Waals surface area contributed by atoms with E-state index in [4.69, 9.17) is 16.6 Å². The minimum absolute atomic E-state index is 0.319. The van der Waals surface area contributed by atoms with Crippen LogP contribution in [-0.2, 0) is 6.54 Å². The third kappa shape index (κ3) is 1.74. The van der Waals surface area contributed by atoms with Gasteiger partial charge in [0, 0.05) is 0 Å². The Kier molecular flexibility index (Phi) is 2.52. The standard InChI is InChI=1S/C12H10FN3OS/c1-7-5-14-10(17-7)6-16-9-4-2-3-8(13)11(9)15-12(16)18/h2-5H,6H2,1H3,(H,15,18). The molecule has 1 N–H and O–H groups in total. The number of nitrogens with zero attached hydrogens (tertiary/aromatic N) is 2. The van der Waals surface area contributed by atoms with Gasteiger partial charge in [-0.2, -0.15) is 0 Å². The van der Waals surface area contributed by atoms with Crippen molar-refractivity contribution in [2.75, 3.05) is 0 Å². The van der Waals surface area contributed by atoms with E-state index in [9.17, 15) is 4.39 Å². The summed E-state index contributed by atoms with van der Waals surface area (Å²) in [6.45, 7) is 2.21. The van der Waals surface area contributed by atoms with Crippen molar-refractivity contribution in [3.05, 3.63) is 46.6 Å². The van der Waals surface area contributed by atoms with Crippen molar-refractivity contribution in [1.29, 1.82) is 0 Å². The summed E-state index contributed by atoms with van der Waals surface area (Å²) < 4.78 is 21.2. The lowest BCUT2D eigenvalue weighted by molar-refractivity contribution is 0.459. The number of aromatic amines is 1. The molecule has 0 saturated heterocycles. The number of nitrogens with one attached hydrogen (secondary N) is 1. The van der Waals surface area contributed by atoms with Gasteiger partial charge in [-0.25, -0.2) is 9.37 Å². The van der Waals surface area contributed by atoms with E-state index in [0.717, 1.165) is 5.76 Å². The predicted octanol–water partition coefficient (Wildman–Crippen LogP) is 3.18. The van der Waals surface area contributed by atoms with Crippen LogP contribution in [0, 0.1) is 17.5 Å². The van der Waals surface area contributed by atoms with Crippen molar-refractivity contribution in [2.45, 2.75) is 13.5 Å². The topological polar surface area (TPSA) is 46.8 Å². The summed E-state index contributed by atoms with van der Waals surface area (Å²) in [5, 5.41) is 0. The van der Waals surface area contributed by atoms with E-state index in [1.54, 1.807) is 22.9 Å². The highest BCUT2D eigenvalue weighted by atomic mass is 32.1. The van der Waals surface area contributed by atoms with Crippen LogP contribution in [0.1, 0.15) is 11.7 Å². The molecule has 18 heavy (non-hydrogen) atoms. The number of benzene rings is 1. The van der Waals surface area contributed by atoms with Gasteiger partial charge in [0.15, 0.2) is 4.77 Å². The first kappa shape index (κ1) is 11.2. The first-order valence-electron chi connectivity index (χ1n) is 5.43. The van der Waals surface area contributed by atoms with Crippen LogP contribution < -0.4 is 0 Å². The number of hydrogen-bond donors (Lipinski definition) is 1. The summed E-state index contributed by atoms with van der Waals surface area (Å²) in [5.74, 6) is 0.970. The number of fused-ring (bicyclic) bond motifs is 1. The fourth-order valence-electron chi connectivity index (χ4n) is 1.91. The summed E-state index contributed by atoms with van der Waals surface area (Å²) in [7, 11) is 0. The van der Waals surface area contributed by atoms with E-state index >= 15 is 0 Å². The molecule has 0 radical (unpaired) electrons.